The van der Waals surface area contributed by atoms with Crippen LogP contribution in [0.5, 0.6) is 0 Å². The first kappa shape index (κ1) is 14.9. The molecule has 0 aliphatic carbocycles. The highest BCUT2D eigenvalue weighted by Gasteiger charge is 2.01. The van der Waals surface area contributed by atoms with Crippen LogP contribution in [0.3, 0.4) is 0 Å². The molecule has 116 valence electrons. The Bertz CT molecular complexity index is 743. The molecular weight excluding hydrogens is 288 g/mol. The van der Waals surface area contributed by atoms with Crippen molar-refractivity contribution in [3.8, 4) is 0 Å². The molecule has 0 saturated carbocycles. The molecule has 0 unspecified atom stereocenters. The van der Waals surface area contributed by atoms with Gasteiger partial charge in [0.05, 0.1) is 6.20 Å². The second-order valence-electron chi connectivity index (χ2n) is 5.05. The first-order chi connectivity index (χ1) is 11.3. The molecule has 0 amide bonds. The predicted molar refractivity (Wildman–Crippen MR) is 90.5 cm³/mol. The van der Waals surface area contributed by atoms with Crippen LogP contribution in [-0.2, 0) is 13.0 Å². The zero-order valence-electron chi connectivity index (χ0n) is 12.9. The lowest BCUT2D eigenvalue weighted by Gasteiger charge is -2.08. The van der Waals surface area contributed by atoms with Crippen molar-refractivity contribution >= 4 is 17.5 Å². The van der Waals surface area contributed by atoms with Gasteiger partial charge in [-0.25, -0.2) is 0 Å². The Kier molecular flexibility index (Phi) is 4.73. The zero-order chi connectivity index (χ0) is 15.9. The van der Waals surface area contributed by atoms with E-state index in [0.717, 1.165) is 17.7 Å². The molecule has 6 heteroatoms. The molecule has 2 heterocycles. The fourth-order valence-corrected chi connectivity index (χ4v) is 2.09. The largest absolute Gasteiger partial charge is 0.349 e. The van der Waals surface area contributed by atoms with E-state index in [1.165, 1.54) is 5.56 Å². The number of pyridine rings is 1. The van der Waals surface area contributed by atoms with Gasteiger partial charge < -0.3 is 10.6 Å². The molecular formula is C17H18N6. The van der Waals surface area contributed by atoms with Gasteiger partial charge in [-0.1, -0.05) is 19.1 Å². The topological polar surface area (TPSA) is 75.6 Å². The first-order valence-electron chi connectivity index (χ1n) is 7.52. The van der Waals surface area contributed by atoms with Crippen LogP contribution in [0.25, 0.3) is 0 Å². The van der Waals surface area contributed by atoms with Crippen molar-refractivity contribution in [1.29, 1.82) is 0 Å². The van der Waals surface area contributed by atoms with E-state index >= 15 is 0 Å². The lowest BCUT2D eigenvalue weighted by molar-refractivity contribution is 0.947. The summed E-state index contributed by atoms with van der Waals surface area (Å²) >= 11 is 0. The molecule has 23 heavy (non-hydrogen) atoms. The summed E-state index contributed by atoms with van der Waals surface area (Å²) in [6.45, 7) is 2.76. The van der Waals surface area contributed by atoms with Gasteiger partial charge in [0, 0.05) is 24.6 Å². The van der Waals surface area contributed by atoms with E-state index in [9.17, 15) is 0 Å². The minimum absolute atomic E-state index is 0.483. The number of hydrogen-bond acceptors (Lipinski definition) is 6. The second kappa shape index (κ2) is 7.31. The van der Waals surface area contributed by atoms with Crippen molar-refractivity contribution in [1.82, 2.24) is 20.2 Å². The standard InChI is InChI=1S/C17H18N6/c1-2-13-3-5-15(6-4-13)21-16-12-20-23-17(22-16)19-11-14-7-9-18-10-8-14/h3-10,12H,2,11H2,1H3,(H2,19,21,22,23). The van der Waals surface area contributed by atoms with Crippen LogP contribution in [0, 0.1) is 0 Å². The predicted octanol–water partition coefficient (Wildman–Crippen LogP) is 3.18. The van der Waals surface area contributed by atoms with Gasteiger partial charge in [-0.15, -0.1) is 5.10 Å². The van der Waals surface area contributed by atoms with E-state index in [1.54, 1.807) is 18.6 Å². The van der Waals surface area contributed by atoms with Crippen molar-refractivity contribution in [2.45, 2.75) is 19.9 Å². The first-order valence-corrected chi connectivity index (χ1v) is 7.52. The number of anilines is 3. The number of rotatable bonds is 6. The maximum Gasteiger partial charge on any atom is 0.244 e. The molecule has 0 aliphatic heterocycles. The number of nitrogens with zero attached hydrogens (tertiary/aromatic N) is 4. The summed E-state index contributed by atoms with van der Waals surface area (Å²) in [5.74, 6) is 1.14. The quantitative estimate of drug-likeness (QED) is 0.728. The van der Waals surface area contributed by atoms with E-state index in [1.807, 2.05) is 24.3 Å². The minimum Gasteiger partial charge on any atom is -0.349 e. The summed E-state index contributed by atoms with van der Waals surface area (Å²) < 4.78 is 0. The highest BCUT2D eigenvalue weighted by molar-refractivity contribution is 5.56. The summed E-state index contributed by atoms with van der Waals surface area (Å²) in [6.07, 6.45) is 6.14. The Morgan fingerprint density at radius 1 is 0.957 bits per heavy atom. The van der Waals surface area contributed by atoms with Crippen LogP contribution in [-0.4, -0.2) is 20.2 Å². The molecule has 6 nitrogen and oxygen atoms in total. The Hall–Kier alpha value is -3.02. The fourth-order valence-electron chi connectivity index (χ4n) is 2.09. The van der Waals surface area contributed by atoms with E-state index in [2.05, 4.69) is 49.9 Å². The van der Waals surface area contributed by atoms with E-state index in [-0.39, 0.29) is 0 Å². The van der Waals surface area contributed by atoms with Gasteiger partial charge in [0.25, 0.3) is 0 Å². The maximum absolute atomic E-state index is 4.41. The Balaban J connectivity index is 1.64. The van der Waals surface area contributed by atoms with Crippen LogP contribution >= 0.6 is 0 Å². The number of benzene rings is 1. The number of hydrogen-bond donors (Lipinski definition) is 2. The van der Waals surface area contributed by atoms with Gasteiger partial charge in [0.15, 0.2) is 5.82 Å². The van der Waals surface area contributed by atoms with E-state index in [4.69, 9.17) is 0 Å². The summed E-state index contributed by atoms with van der Waals surface area (Å²) in [5.41, 5.74) is 3.39. The molecule has 0 bridgehead atoms. The van der Waals surface area contributed by atoms with Crippen LogP contribution in [0.2, 0.25) is 0 Å². The van der Waals surface area contributed by atoms with Crippen molar-refractivity contribution in [3.63, 3.8) is 0 Å². The number of aryl methyl sites for hydroxylation is 1. The fraction of sp³-hybridized carbons (Fsp3) is 0.176. The van der Waals surface area contributed by atoms with Gasteiger partial charge in [-0.05, 0) is 41.8 Å². The summed E-state index contributed by atoms with van der Waals surface area (Å²) in [6, 6.07) is 12.1. The molecule has 0 saturated heterocycles. The molecule has 2 aromatic heterocycles. The monoisotopic (exact) mass is 306 g/mol. The van der Waals surface area contributed by atoms with Crippen molar-refractivity contribution in [2.24, 2.45) is 0 Å². The molecule has 0 aliphatic rings. The third-order valence-electron chi connectivity index (χ3n) is 3.39. The van der Waals surface area contributed by atoms with Crippen LogP contribution in [0.1, 0.15) is 18.1 Å². The number of nitrogens with one attached hydrogen (secondary N) is 2. The van der Waals surface area contributed by atoms with Gasteiger partial charge in [-0.2, -0.15) is 10.1 Å². The second-order valence-corrected chi connectivity index (χ2v) is 5.05. The summed E-state index contributed by atoms with van der Waals surface area (Å²) in [7, 11) is 0. The van der Waals surface area contributed by atoms with Crippen LogP contribution in [0.4, 0.5) is 17.5 Å². The highest BCUT2D eigenvalue weighted by atomic mass is 15.3. The lowest BCUT2D eigenvalue weighted by Crippen LogP contribution is -2.06. The smallest absolute Gasteiger partial charge is 0.244 e. The van der Waals surface area contributed by atoms with Crippen molar-refractivity contribution in [2.75, 3.05) is 10.6 Å². The third-order valence-corrected chi connectivity index (χ3v) is 3.39. The van der Waals surface area contributed by atoms with Crippen LogP contribution in [0.15, 0.2) is 55.0 Å². The Morgan fingerprint density at radius 3 is 2.48 bits per heavy atom. The maximum atomic E-state index is 4.41. The Morgan fingerprint density at radius 2 is 1.74 bits per heavy atom. The lowest BCUT2D eigenvalue weighted by atomic mass is 10.1. The molecule has 1 aromatic carbocycles. The zero-order valence-corrected chi connectivity index (χ0v) is 12.9. The molecule has 0 fully saturated rings. The third kappa shape index (κ3) is 4.23. The van der Waals surface area contributed by atoms with Gasteiger partial charge >= 0.3 is 0 Å². The molecule has 0 spiro atoms. The molecule has 3 aromatic rings. The number of aromatic nitrogens is 4. The van der Waals surface area contributed by atoms with Crippen molar-refractivity contribution in [3.05, 3.63) is 66.1 Å². The average Bonchev–Trinajstić information content (AvgIpc) is 2.62. The average molecular weight is 306 g/mol. The summed E-state index contributed by atoms with van der Waals surface area (Å²) in [4.78, 5) is 8.41. The molecule has 2 N–H and O–H groups in total. The van der Waals surface area contributed by atoms with Crippen LogP contribution < -0.4 is 10.6 Å². The highest BCUT2D eigenvalue weighted by Crippen LogP contribution is 2.15. The molecule has 0 atom stereocenters. The Labute approximate surface area is 135 Å². The van der Waals surface area contributed by atoms with Crippen molar-refractivity contribution < 1.29 is 0 Å². The molecule has 3 rings (SSSR count). The van der Waals surface area contributed by atoms with Gasteiger partial charge in [0.2, 0.25) is 5.95 Å². The van der Waals surface area contributed by atoms with Gasteiger partial charge in [-0.3, -0.25) is 4.98 Å². The van der Waals surface area contributed by atoms with Gasteiger partial charge in [0.1, 0.15) is 0 Å². The minimum atomic E-state index is 0.483. The SMILES string of the molecule is CCc1ccc(Nc2cnnc(NCc3ccncc3)n2)cc1. The van der Waals surface area contributed by atoms with E-state index < -0.39 is 0 Å². The molecule has 0 radical (unpaired) electrons. The normalized spacial score (nSPS) is 10.3. The summed E-state index contributed by atoms with van der Waals surface area (Å²) in [5, 5.41) is 14.4. The van der Waals surface area contributed by atoms with E-state index in [0.29, 0.717) is 18.3 Å².